The Morgan fingerprint density at radius 1 is 0.862 bits per heavy atom. The largest absolute Gasteiger partial charge is 0.507 e. The Morgan fingerprint density at radius 3 is 2.38 bits per heavy atom. The Bertz CT molecular complexity index is 1120. The third kappa shape index (κ3) is 4.67. The maximum absolute atomic E-state index is 10.2. The van der Waals surface area contributed by atoms with Crippen LogP contribution in [0.15, 0.2) is 101 Å². The van der Waals surface area contributed by atoms with Gasteiger partial charge in [-0.3, -0.25) is 9.71 Å². The summed E-state index contributed by atoms with van der Waals surface area (Å²) in [6.07, 6.45) is 1.73. The molecule has 0 spiro atoms. The molecular formula is C25H22N2OS. The SMILES string of the molecule is CC(NSc1ccc(/N=C/c2c(O)ccc3ccccc23)cc1)c1ccccc1. The molecule has 3 nitrogen and oxygen atoms in total. The molecule has 0 saturated heterocycles. The van der Waals surface area contributed by atoms with Crippen molar-refractivity contribution < 1.29 is 5.11 Å². The van der Waals surface area contributed by atoms with Crippen molar-refractivity contribution in [2.75, 3.05) is 0 Å². The number of phenols is 1. The predicted octanol–water partition coefficient (Wildman–Crippen LogP) is 6.65. The minimum Gasteiger partial charge on any atom is -0.507 e. The Kier molecular flexibility index (Phi) is 5.94. The molecule has 0 bridgehead atoms. The van der Waals surface area contributed by atoms with Crippen molar-refractivity contribution in [1.82, 2.24) is 4.72 Å². The normalized spacial score (nSPS) is 12.4. The van der Waals surface area contributed by atoms with E-state index in [1.54, 1.807) is 24.2 Å². The van der Waals surface area contributed by atoms with Crippen molar-refractivity contribution in [2.45, 2.75) is 17.9 Å². The average molecular weight is 399 g/mol. The molecule has 4 aromatic carbocycles. The topological polar surface area (TPSA) is 44.6 Å². The number of fused-ring (bicyclic) bond motifs is 1. The van der Waals surface area contributed by atoms with Gasteiger partial charge in [-0.1, -0.05) is 60.7 Å². The Morgan fingerprint density at radius 2 is 1.59 bits per heavy atom. The van der Waals surface area contributed by atoms with E-state index in [-0.39, 0.29) is 11.8 Å². The van der Waals surface area contributed by atoms with Gasteiger partial charge in [0.1, 0.15) is 5.75 Å². The molecule has 0 heterocycles. The zero-order valence-electron chi connectivity index (χ0n) is 16.1. The highest BCUT2D eigenvalue weighted by Gasteiger charge is 2.06. The highest BCUT2D eigenvalue weighted by atomic mass is 32.2. The summed E-state index contributed by atoms with van der Waals surface area (Å²) in [6, 6.07) is 30.3. The number of nitrogens with one attached hydrogen (secondary N) is 1. The van der Waals surface area contributed by atoms with E-state index in [0.717, 1.165) is 26.9 Å². The number of rotatable bonds is 6. The van der Waals surface area contributed by atoms with Crippen LogP contribution in [0.2, 0.25) is 0 Å². The molecule has 4 rings (SSSR count). The third-order valence-corrected chi connectivity index (χ3v) is 5.76. The van der Waals surface area contributed by atoms with Crippen molar-refractivity contribution >= 4 is 34.6 Å². The number of aliphatic imine (C=N–C) groups is 1. The Hall–Kier alpha value is -3.08. The summed E-state index contributed by atoms with van der Waals surface area (Å²) in [4.78, 5) is 5.68. The van der Waals surface area contributed by atoms with Gasteiger partial charge in [-0.05, 0) is 65.5 Å². The van der Waals surface area contributed by atoms with E-state index in [1.807, 2.05) is 60.7 Å². The van der Waals surface area contributed by atoms with Gasteiger partial charge in [-0.15, -0.1) is 0 Å². The second-order valence-electron chi connectivity index (χ2n) is 6.82. The first-order chi connectivity index (χ1) is 14.2. The lowest BCUT2D eigenvalue weighted by Crippen LogP contribution is -2.09. The monoisotopic (exact) mass is 398 g/mol. The number of benzene rings is 4. The first-order valence-electron chi connectivity index (χ1n) is 9.53. The quantitative estimate of drug-likeness (QED) is 0.282. The molecule has 29 heavy (non-hydrogen) atoms. The van der Waals surface area contributed by atoms with Crippen LogP contribution in [-0.4, -0.2) is 11.3 Å². The molecule has 2 N–H and O–H groups in total. The van der Waals surface area contributed by atoms with Crippen molar-refractivity contribution in [3.05, 3.63) is 102 Å². The molecule has 0 aliphatic heterocycles. The van der Waals surface area contributed by atoms with Crippen LogP contribution in [0, 0.1) is 0 Å². The average Bonchev–Trinajstić information content (AvgIpc) is 2.78. The van der Waals surface area contributed by atoms with Gasteiger partial charge in [0.25, 0.3) is 0 Å². The fourth-order valence-corrected chi connectivity index (χ4v) is 3.85. The first-order valence-corrected chi connectivity index (χ1v) is 10.3. The van der Waals surface area contributed by atoms with Gasteiger partial charge < -0.3 is 5.11 Å². The second kappa shape index (κ2) is 8.95. The second-order valence-corrected chi connectivity index (χ2v) is 7.74. The lowest BCUT2D eigenvalue weighted by molar-refractivity contribution is 0.475. The number of phenolic OH excluding ortho intramolecular Hbond substituents is 1. The summed E-state index contributed by atoms with van der Waals surface area (Å²) in [5, 5.41) is 12.3. The molecule has 0 aliphatic rings. The molecular weight excluding hydrogens is 376 g/mol. The number of hydrogen-bond donors (Lipinski definition) is 2. The lowest BCUT2D eigenvalue weighted by atomic mass is 10.0. The van der Waals surface area contributed by atoms with E-state index < -0.39 is 0 Å². The number of hydrogen-bond acceptors (Lipinski definition) is 4. The van der Waals surface area contributed by atoms with Gasteiger partial charge in [-0.2, -0.15) is 0 Å². The van der Waals surface area contributed by atoms with Crippen LogP contribution in [0.1, 0.15) is 24.1 Å². The van der Waals surface area contributed by atoms with Gasteiger partial charge in [0.05, 0.1) is 5.69 Å². The molecule has 0 fully saturated rings. The fraction of sp³-hybridized carbons (Fsp3) is 0.0800. The molecule has 0 saturated carbocycles. The maximum Gasteiger partial charge on any atom is 0.124 e. The van der Waals surface area contributed by atoms with Crippen LogP contribution < -0.4 is 4.72 Å². The van der Waals surface area contributed by atoms with Crippen LogP contribution in [0.3, 0.4) is 0 Å². The summed E-state index contributed by atoms with van der Waals surface area (Å²) in [7, 11) is 0. The van der Waals surface area contributed by atoms with E-state index in [1.165, 1.54) is 5.56 Å². The zero-order valence-corrected chi connectivity index (χ0v) is 16.9. The molecule has 0 aliphatic carbocycles. The van der Waals surface area contributed by atoms with E-state index in [4.69, 9.17) is 0 Å². The summed E-state index contributed by atoms with van der Waals surface area (Å²) in [5.74, 6) is 0.235. The summed E-state index contributed by atoms with van der Waals surface area (Å²) < 4.78 is 3.47. The van der Waals surface area contributed by atoms with Crippen LogP contribution in [0.4, 0.5) is 5.69 Å². The highest BCUT2D eigenvalue weighted by Crippen LogP contribution is 2.27. The lowest BCUT2D eigenvalue weighted by Gasteiger charge is -2.13. The summed E-state index contributed by atoms with van der Waals surface area (Å²) >= 11 is 1.61. The predicted molar refractivity (Wildman–Crippen MR) is 123 cm³/mol. The summed E-state index contributed by atoms with van der Waals surface area (Å²) in [5.41, 5.74) is 2.84. The fourth-order valence-electron chi connectivity index (χ4n) is 3.13. The minimum atomic E-state index is 0.235. The maximum atomic E-state index is 10.2. The third-order valence-electron chi connectivity index (χ3n) is 4.78. The van der Waals surface area contributed by atoms with E-state index >= 15 is 0 Å². The van der Waals surface area contributed by atoms with Crippen LogP contribution in [-0.2, 0) is 0 Å². The van der Waals surface area contributed by atoms with Crippen molar-refractivity contribution in [3.63, 3.8) is 0 Å². The van der Waals surface area contributed by atoms with Gasteiger partial charge in [0.15, 0.2) is 0 Å². The van der Waals surface area contributed by atoms with E-state index in [0.29, 0.717) is 0 Å². The summed E-state index contributed by atoms with van der Waals surface area (Å²) in [6.45, 7) is 2.15. The van der Waals surface area contributed by atoms with E-state index in [2.05, 4.69) is 40.9 Å². The van der Waals surface area contributed by atoms with Crippen LogP contribution in [0.25, 0.3) is 10.8 Å². The molecule has 0 radical (unpaired) electrons. The number of aromatic hydroxyl groups is 1. The van der Waals surface area contributed by atoms with Crippen LogP contribution >= 0.6 is 11.9 Å². The molecule has 1 unspecified atom stereocenters. The van der Waals surface area contributed by atoms with E-state index in [9.17, 15) is 5.11 Å². The standard InChI is InChI=1S/C25H22N2OS/c1-18(19-7-3-2-4-8-19)27-29-22-14-12-21(13-15-22)26-17-24-23-10-6-5-9-20(23)11-16-25(24)28/h2-18,27-28H,1H3/b26-17+. The van der Waals surface area contributed by atoms with Crippen molar-refractivity contribution in [3.8, 4) is 5.75 Å². The first kappa shape index (κ1) is 19.2. The molecule has 0 aromatic heterocycles. The highest BCUT2D eigenvalue weighted by molar-refractivity contribution is 7.97. The molecule has 4 heteroatoms. The van der Waals surface area contributed by atoms with Crippen molar-refractivity contribution in [1.29, 1.82) is 0 Å². The number of nitrogens with zero attached hydrogens (tertiary/aromatic N) is 1. The molecule has 144 valence electrons. The smallest absolute Gasteiger partial charge is 0.124 e. The molecule has 4 aromatic rings. The minimum absolute atomic E-state index is 0.235. The zero-order chi connectivity index (χ0) is 20.1. The molecule has 1 atom stereocenters. The van der Waals surface area contributed by atoms with Gasteiger partial charge in [0, 0.05) is 22.7 Å². The van der Waals surface area contributed by atoms with Crippen molar-refractivity contribution in [2.24, 2.45) is 4.99 Å². The van der Waals surface area contributed by atoms with Crippen LogP contribution in [0.5, 0.6) is 5.75 Å². The molecule has 0 amide bonds. The Labute approximate surface area is 175 Å². The van der Waals surface area contributed by atoms with Gasteiger partial charge in [-0.25, -0.2) is 0 Å². The van der Waals surface area contributed by atoms with Gasteiger partial charge >= 0.3 is 0 Å². The van der Waals surface area contributed by atoms with Gasteiger partial charge in [0.2, 0.25) is 0 Å². The Balaban J connectivity index is 1.44.